The van der Waals surface area contributed by atoms with Gasteiger partial charge in [0.2, 0.25) is 5.91 Å². The number of carbonyl (C=O) groups excluding carboxylic acids is 1. The van der Waals surface area contributed by atoms with Crippen molar-refractivity contribution in [3.63, 3.8) is 0 Å². The molecule has 1 saturated heterocycles. The van der Waals surface area contributed by atoms with Gasteiger partial charge in [-0.2, -0.15) is 13.2 Å². The maximum absolute atomic E-state index is 13.5. The van der Waals surface area contributed by atoms with E-state index in [2.05, 4.69) is 4.98 Å². The largest absolute Gasteiger partial charge is 0.396 e. The average molecular weight is 450 g/mol. The van der Waals surface area contributed by atoms with E-state index in [4.69, 9.17) is 0 Å². The van der Waals surface area contributed by atoms with Gasteiger partial charge in [-0.15, -0.1) is 11.3 Å². The van der Waals surface area contributed by atoms with Crippen molar-refractivity contribution in [1.82, 2.24) is 19.2 Å². The van der Waals surface area contributed by atoms with E-state index in [1.54, 1.807) is 29.8 Å². The Morgan fingerprint density at radius 1 is 1.13 bits per heavy atom. The van der Waals surface area contributed by atoms with Crippen LogP contribution < -0.4 is 5.56 Å². The SMILES string of the molecule is O=C(CC(c1ccccc1)C(F)(F)F)N1CCN(Cc2cc(=O)n3ccsc3n2)CC1. The first kappa shape index (κ1) is 21.5. The second-order valence-electron chi connectivity index (χ2n) is 7.51. The van der Waals surface area contributed by atoms with Crippen molar-refractivity contribution < 1.29 is 18.0 Å². The zero-order valence-electron chi connectivity index (χ0n) is 16.6. The number of aromatic nitrogens is 2. The van der Waals surface area contributed by atoms with E-state index in [9.17, 15) is 22.8 Å². The maximum atomic E-state index is 13.5. The van der Waals surface area contributed by atoms with Gasteiger partial charge in [0, 0.05) is 56.8 Å². The first-order chi connectivity index (χ1) is 14.8. The van der Waals surface area contributed by atoms with E-state index >= 15 is 0 Å². The quantitative estimate of drug-likeness (QED) is 0.599. The Balaban J connectivity index is 1.36. The summed E-state index contributed by atoms with van der Waals surface area (Å²) in [4.78, 5) is 33.4. The van der Waals surface area contributed by atoms with Crippen molar-refractivity contribution >= 4 is 22.2 Å². The molecule has 6 nitrogen and oxygen atoms in total. The van der Waals surface area contributed by atoms with Gasteiger partial charge in [0.15, 0.2) is 4.96 Å². The molecule has 3 heterocycles. The van der Waals surface area contributed by atoms with Crippen molar-refractivity contribution in [2.45, 2.75) is 25.1 Å². The van der Waals surface area contributed by atoms with Gasteiger partial charge in [-0.3, -0.25) is 18.9 Å². The topological polar surface area (TPSA) is 57.9 Å². The normalized spacial score (nSPS) is 16.5. The summed E-state index contributed by atoms with van der Waals surface area (Å²) in [6, 6.07) is 9.05. The first-order valence-corrected chi connectivity index (χ1v) is 10.8. The van der Waals surface area contributed by atoms with E-state index in [1.165, 1.54) is 38.8 Å². The Labute approximate surface area is 180 Å². The zero-order chi connectivity index (χ0) is 22.0. The number of hydrogen-bond donors (Lipinski definition) is 0. The lowest BCUT2D eigenvalue weighted by Gasteiger charge is -2.35. The molecule has 0 aliphatic carbocycles. The van der Waals surface area contributed by atoms with E-state index in [-0.39, 0.29) is 11.1 Å². The number of carbonyl (C=O) groups is 1. The number of alkyl halides is 3. The smallest absolute Gasteiger partial charge is 0.340 e. The Kier molecular flexibility index (Phi) is 6.10. The molecule has 0 bridgehead atoms. The fraction of sp³-hybridized carbons (Fsp3) is 0.381. The standard InChI is InChI=1S/C21H21F3N4O2S/c22-21(23,24)17(15-4-2-1-3-5-15)13-18(29)27-8-6-26(7-9-27)14-16-12-19(30)28-10-11-31-20(28)25-16/h1-5,10-12,17H,6-9,13-14H2. The lowest BCUT2D eigenvalue weighted by atomic mass is 9.94. The summed E-state index contributed by atoms with van der Waals surface area (Å²) in [6.07, 6.45) is -3.41. The molecule has 31 heavy (non-hydrogen) atoms. The molecule has 0 saturated carbocycles. The van der Waals surface area contributed by atoms with Gasteiger partial charge in [-0.1, -0.05) is 30.3 Å². The van der Waals surface area contributed by atoms with Crippen LogP contribution in [-0.2, 0) is 11.3 Å². The molecule has 2 aromatic heterocycles. The molecule has 1 aliphatic heterocycles. The third-order valence-electron chi connectivity index (χ3n) is 5.44. The van der Waals surface area contributed by atoms with Crippen molar-refractivity contribution in [3.05, 3.63) is 69.6 Å². The number of benzene rings is 1. The van der Waals surface area contributed by atoms with Crippen LogP contribution in [-0.4, -0.2) is 57.4 Å². The van der Waals surface area contributed by atoms with Gasteiger partial charge in [-0.25, -0.2) is 4.98 Å². The Bertz CT molecular complexity index is 1110. The van der Waals surface area contributed by atoms with Gasteiger partial charge >= 0.3 is 6.18 Å². The fourth-order valence-corrected chi connectivity index (χ4v) is 4.50. The molecule has 4 rings (SSSR count). The summed E-state index contributed by atoms with van der Waals surface area (Å²) in [5.74, 6) is -2.31. The minimum absolute atomic E-state index is 0.100. The molecule has 10 heteroatoms. The molecule has 1 amide bonds. The van der Waals surface area contributed by atoms with Gasteiger partial charge in [0.25, 0.3) is 5.56 Å². The van der Waals surface area contributed by atoms with E-state index in [1.807, 2.05) is 4.90 Å². The highest BCUT2D eigenvalue weighted by atomic mass is 32.1. The summed E-state index contributed by atoms with van der Waals surface area (Å²) in [6.45, 7) is 2.18. The van der Waals surface area contributed by atoms with Gasteiger partial charge in [0.05, 0.1) is 11.6 Å². The Hall–Kier alpha value is -2.72. The highest BCUT2D eigenvalue weighted by molar-refractivity contribution is 7.15. The highest BCUT2D eigenvalue weighted by Crippen LogP contribution is 2.37. The van der Waals surface area contributed by atoms with Crippen molar-refractivity contribution in [3.8, 4) is 0 Å². The van der Waals surface area contributed by atoms with Crippen molar-refractivity contribution in [2.75, 3.05) is 26.2 Å². The number of nitrogens with zero attached hydrogens (tertiary/aromatic N) is 4. The summed E-state index contributed by atoms with van der Waals surface area (Å²) >= 11 is 1.38. The molecule has 1 atom stereocenters. The molecule has 164 valence electrons. The van der Waals surface area contributed by atoms with E-state index in [0.29, 0.717) is 43.4 Å². The number of halogens is 3. The number of rotatable bonds is 5. The lowest BCUT2D eigenvalue weighted by Crippen LogP contribution is -2.49. The summed E-state index contributed by atoms with van der Waals surface area (Å²) in [7, 11) is 0. The van der Waals surface area contributed by atoms with Crippen LogP contribution in [0.1, 0.15) is 23.6 Å². The highest BCUT2D eigenvalue weighted by Gasteiger charge is 2.42. The number of thiazole rings is 1. The molecule has 0 radical (unpaired) electrons. The van der Waals surface area contributed by atoms with E-state index in [0.717, 1.165) is 0 Å². The van der Waals surface area contributed by atoms with Crippen LogP contribution in [0.2, 0.25) is 0 Å². The number of piperazine rings is 1. The van der Waals surface area contributed by atoms with Crippen molar-refractivity contribution in [1.29, 1.82) is 0 Å². The van der Waals surface area contributed by atoms with Crippen LogP contribution in [0.4, 0.5) is 13.2 Å². The summed E-state index contributed by atoms with van der Waals surface area (Å²) in [5, 5.41) is 1.79. The fourth-order valence-electron chi connectivity index (χ4n) is 3.76. The third kappa shape index (κ3) is 4.96. The predicted octanol–water partition coefficient (Wildman–Crippen LogP) is 3.14. The average Bonchev–Trinajstić information content (AvgIpc) is 3.21. The second kappa shape index (κ2) is 8.80. The van der Waals surface area contributed by atoms with Crippen LogP contribution in [0, 0.1) is 0 Å². The molecule has 1 aliphatic rings. The van der Waals surface area contributed by atoms with E-state index < -0.39 is 24.4 Å². The molecule has 1 fully saturated rings. The maximum Gasteiger partial charge on any atom is 0.396 e. The Morgan fingerprint density at radius 3 is 2.52 bits per heavy atom. The molecular formula is C21H21F3N4O2S. The number of amides is 1. The van der Waals surface area contributed by atoms with Gasteiger partial charge in [0.1, 0.15) is 0 Å². The first-order valence-electron chi connectivity index (χ1n) is 9.89. The molecule has 1 aromatic carbocycles. The monoisotopic (exact) mass is 450 g/mol. The summed E-state index contributed by atoms with van der Waals surface area (Å²) < 4.78 is 42.1. The second-order valence-corrected chi connectivity index (χ2v) is 8.38. The number of hydrogen-bond acceptors (Lipinski definition) is 5. The van der Waals surface area contributed by atoms with Crippen LogP contribution >= 0.6 is 11.3 Å². The van der Waals surface area contributed by atoms with Gasteiger partial charge in [-0.05, 0) is 5.56 Å². The minimum Gasteiger partial charge on any atom is -0.340 e. The summed E-state index contributed by atoms with van der Waals surface area (Å²) in [5.41, 5.74) is 0.603. The molecular weight excluding hydrogens is 429 g/mol. The predicted molar refractivity (Wildman–Crippen MR) is 111 cm³/mol. The lowest BCUT2D eigenvalue weighted by molar-refractivity contribution is -0.161. The molecule has 3 aromatic rings. The van der Waals surface area contributed by atoms with Crippen LogP contribution in [0.25, 0.3) is 4.96 Å². The van der Waals surface area contributed by atoms with Crippen LogP contribution in [0.3, 0.4) is 0 Å². The molecule has 1 unspecified atom stereocenters. The minimum atomic E-state index is -4.49. The third-order valence-corrected chi connectivity index (χ3v) is 6.20. The van der Waals surface area contributed by atoms with Gasteiger partial charge < -0.3 is 4.90 Å². The Morgan fingerprint density at radius 2 is 1.84 bits per heavy atom. The molecule has 0 N–H and O–H groups in total. The number of fused-ring (bicyclic) bond motifs is 1. The zero-order valence-corrected chi connectivity index (χ0v) is 17.4. The van der Waals surface area contributed by atoms with Crippen LogP contribution in [0.5, 0.6) is 0 Å². The van der Waals surface area contributed by atoms with Crippen molar-refractivity contribution in [2.24, 2.45) is 0 Å². The molecule has 0 spiro atoms. The van der Waals surface area contributed by atoms with Crippen LogP contribution in [0.15, 0.2) is 52.8 Å².